The van der Waals surface area contributed by atoms with Crippen molar-refractivity contribution in [1.29, 1.82) is 0 Å². The van der Waals surface area contributed by atoms with Crippen molar-refractivity contribution in [3.63, 3.8) is 0 Å². The zero-order valence-corrected chi connectivity index (χ0v) is 12.7. The molecule has 0 radical (unpaired) electrons. The summed E-state index contributed by atoms with van der Waals surface area (Å²) in [7, 11) is -3.82. The smallest absolute Gasteiger partial charge is 0.261 e. The number of hydrogen-bond donors (Lipinski definition) is 2. The van der Waals surface area contributed by atoms with Crippen LogP contribution >= 0.6 is 23.2 Å². The van der Waals surface area contributed by atoms with Crippen molar-refractivity contribution in [3.8, 4) is 5.75 Å². The minimum atomic E-state index is -3.82. The zero-order chi connectivity index (χ0) is 14.9. The van der Waals surface area contributed by atoms with Crippen molar-refractivity contribution in [2.75, 3.05) is 4.72 Å². The van der Waals surface area contributed by atoms with Crippen LogP contribution in [0.2, 0.25) is 10.0 Å². The lowest BCUT2D eigenvalue weighted by molar-refractivity contribution is 0.475. The van der Waals surface area contributed by atoms with Gasteiger partial charge in [0.15, 0.2) is 0 Å². The molecule has 2 rings (SSSR count). The van der Waals surface area contributed by atoms with Gasteiger partial charge in [0.25, 0.3) is 10.0 Å². The van der Waals surface area contributed by atoms with Crippen LogP contribution in [0.3, 0.4) is 0 Å². The van der Waals surface area contributed by atoms with Crippen molar-refractivity contribution in [2.45, 2.75) is 11.8 Å². The third kappa shape index (κ3) is 3.00. The fourth-order valence-electron chi connectivity index (χ4n) is 1.57. The second-order valence-electron chi connectivity index (χ2n) is 4.15. The van der Waals surface area contributed by atoms with E-state index in [4.69, 9.17) is 23.2 Å². The van der Waals surface area contributed by atoms with Crippen LogP contribution in [0.25, 0.3) is 0 Å². The number of nitrogens with one attached hydrogen (secondary N) is 1. The highest BCUT2D eigenvalue weighted by Gasteiger charge is 2.18. The monoisotopic (exact) mass is 331 g/mol. The van der Waals surface area contributed by atoms with E-state index in [0.29, 0.717) is 5.56 Å². The molecular weight excluding hydrogens is 321 g/mol. The number of sulfonamides is 1. The molecule has 0 aliphatic carbocycles. The highest BCUT2D eigenvalue weighted by atomic mass is 35.5. The van der Waals surface area contributed by atoms with Gasteiger partial charge in [0.1, 0.15) is 5.75 Å². The number of hydrogen-bond acceptors (Lipinski definition) is 3. The van der Waals surface area contributed by atoms with Gasteiger partial charge in [-0.15, -0.1) is 0 Å². The maximum atomic E-state index is 12.2. The van der Waals surface area contributed by atoms with E-state index in [1.807, 2.05) is 0 Å². The van der Waals surface area contributed by atoms with Gasteiger partial charge in [-0.2, -0.15) is 0 Å². The van der Waals surface area contributed by atoms with E-state index in [-0.39, 0.29) is 26.4 Å². The third-order valence-electron chi connectivity index (χ3n) is 2.67. The third-order valence-corrected chi connectivity index (χ3v) is 4.84. The summed E-state index contributed by atoms with van der Waals surface area (Å²) in [6.07, 6.45) is 0. The molecule has 0 saturated carbocycles. The van der Waals surface area contributed by atoms with Crippen molar-refractivity contribution in [2.24, 2.45) is 0 Å². The average Bonchev–Trinajstić information content (AvgIpc) is 2.40. The van der Waals surface area contributed by atoms with Gasteiger partial charge in [0, 0.05) is 0 Å². The number of phenolic OH excluding ortho intramolecular Hbond substituents is 1. The van der Waals surface area contributed by atoms with Gasteiger partial charge in [-0.25, -0.2) is 8.42 Å². The minimum absolute atomic E-state index is 0.00365. The SMILES string of the molecule is Cc1ccc(Cl)c(NS(=O)(=O)c2ccc(O)cc2)c1Cl. The molecule has 2 aromatic rings. The van der Waals surface area contributed by atoms with Crippen LogP contribution in [0.4, 0.5) is 5.69 Å². The van der Waals surface area contributed by atoms with Gasteiger partial charge in [-0.3, -0.25) is 4.72 Å². The molecule has 2 aromatic carbocycles. The van der Waals surface area contributed by atoms with E-state index < -0.39 is 10.0 Å². The molecule has 0 saturated heterocycles. The lowest BCUT2D eigenvalue weighted by Gasteiger charge is -2.12. The topological polar surface area (TPSA) is 66.4 Å². The lowest BCUT2D eigenvalue weighted by atomic mass is 10.2. The molecule has 0 spiro atoms. The first-order chi connectivity index (χ1) is 9.31. The van der Waals surface area contributed by atoms with Crippen LogP contribution in [0, 0.1) is 6.92 Å². The van der Waals surface area contributed by atoms with E-state index >= 15 is 0 Å². The summed E-state index contributed by atoms with van der Waals surface area (Å²) in [6, 6.07) is 8.41. The molecule has 20 heavy (non-hydrogen) atoms. The van der Waals surface area contributed by atoms with Gasteiger partial charge in [0.2, 0.25) is 0 Å². The Morgan fingerprint density at radius 1 is 1.05 bits per heavy atom. The molecule has 7 heteroatoms. The summed E-state index contributed by atoms with van der Waals surface area (Å²) in [5.41, 5.74) is 0.848. The molecule has 106 valence electrons. The predicted octanol–water partition coefficient (Wildman–Crippen LogP) is 3.81. The fraction of sp³-hybridized carbons (Fsp3) is 0.0769. The number of aryl methyl sites for hydroxylation is 1. The molecule has 2 N–H and O–H groups in total. The highest BCUT2D eigenvalue weighted by molar-refractivity contribution is 7.92. The van der Waals surface area contributed by atoms with Crippen LogP contribution in [-0.2, 0) is 10.0 Å². The van der Waals surface area contributed by atoms with Crippen LogP contribution in [-0.4, -0.2) is 13.5 Å². The summed E-state index contributed by atoms with van der Waals surface area (Å²) in [5.74, 6) is -0.0180. The molecule has 0 amide bonds. The fourth-order valence-corrected chi connectivity index (χ4v) is 3.24. The zero-order valence-electron chi connectivity index (χ0n) is 10.4. The molecular formula is C13H11Cl2NO3S. The normalized spacial score (nSPS) is 11.3. The number of aromatic hydroxyl groups is 1. The Bertz CT molecular complexity index is 743. The number of halogens is 2. The largest absolute Gasteiger partial charge is 0.508 e. The molecule has 0 atom stereocenters. The van der Waals surface area contributed by atoms with E-state index in [1.165, 1.54) is 24.3 Å². The summed E-state index contributed by atoms with van der Waals surface area (Å²) in [4.78, 5) is 0.00365. The molecule has 4 nitrogen and oxygen atoms in total. The van der Waals surface area contributed by atoms with Gasteiger partial charge in [0.05, 0.1) is 20.6 Å². The average molecular weight is 332 g/mol. The van der Waals surface area contributed by atoms with E-state index in [2.05, 4.69) is 4.72 Å². The molecule has 0 aromatic heterocycles. The van der Waals surface area contributed by atoms with E-state index in [0.717, 1.165) is 0 Å². The summed E-state index contributed by atoms with van der Waals surface area (Å²) < 4.78 is 26.8. The highest BCUT2D eigenvalue weighted by Crippen LogP contribution is 2.34. The second kappa shape index (κ2) is 5.52. The van der Waals surface area contributed by atoms with Gasteiger partial charge < -0.3 is 5.11 Å². The second-order valence-corrected chi connectivity index (χ2v) is 6.62. The minimum Gasteiger partial charge on any atom is -0.508 e. The number of benzene rings is 2. The van der Waals surface area contributed by atoms with Crippen molar-refractivity contribution >= 4 is 38.9 Å². The molecule has 0 fully saturated rings. The number of rotatable bonds is 3. The van der Waals surface area contributed by atoms with E-state index in [9.17, 15) is 13.5 Å². The Morgan fingerprint density at radius 3 is 2.25 bits per heavy atom. The first kappa shape index (κ1) is 15.0. The van der Waals surface area contributed by atoms with Gasteiger partial charge in [-0.05, 0) is 42.8 Å². The molecule has 0 unspecified atom stereocenters. The van der Waals surface area contributed by atoms with Crippen molar-refractivity contribution in [1.82, 2.24) is 0 Å². The molecule has 0 bridgehead atoms. The van der Waals surface area contributed by atoms with Crippen molar-refractivity contribution in [3.05, 3.63) is 52.0 Å². The molecule has 0 heterocycles. The van der Waals surface area contributed by atoms with Gasteiger partial charge >= 0.3 is 0 Å². The quantitative estimate of drug-likeness (QED) is 0.898. The summed E-state index contributed by atoms with van der Waals surface area (Å²) in [6.45, 7) is 1.75. The molecule has 0 aliphatic heterocycles. The summed E-state index contributed by atoms with van der Waals surface area (Å²) in [5, 5.41) is 9.64. The number of phenols is 1. The predicted molar refractivity (Wildman–Crippen MR) is 80.1 cm³/mol. The van der Waals surface area contributed by atoms with E-state index in [1.54, 1.807) is 19.1 Å². The maximum Gasteiger partial charge on any atom is 0.261 e. The number of anilines is 1. The Morgan fingerprint density at radius 2 is 1.65 bits per heavy atom. The Balaban J connectivity index is 2.43. The molecule has 0 aliphatic rings. The maximum absolute atomic E-state index is 12.2. The van der Waals surface area contributed by atoms with Crippen molar-refractivity contribution < 1.29 is 13.5 Å². The Kier molecular flexibility index (Phi) is 4.13. The van der Waals surface area contributed by atoms with Crippen LogP contribution in [0.1, 0.15) is 5.56 Å². The summed E-state index contributed by atoms with van der Waals surface area (Å²) >= 11 is 12.0. The Labute approximate surface area is 127 Å². The van der Waals surface area contributed by atoms with Gasteiger partial charge in [-0.1, -0.05) is 29.3 Å². The first-order valence-electron chi connectivity index (χ1n) is 5.58. The standard InChI is InChI=1S/C13H11Cl2NO3S/c1-8-2-7-11(14)13(12(8)15)16-20(18,19)10-5-3-9(17)4-6-10/h2-7,16-17H,1H3. The van der Waals surface area contributed by atoms with Crippen LogP contribution < -0.4 is 4.72 Å². The van der Waals surface area contributed by atoms with Crippen LogP contribution in [0.5, 0.6) is 5.75 Å². The first-order valence-corrected chi connectivity index (χ1v) is 7.81. The Hall–Kier alpha value is -1.43. The van der Waals surface area contributed by atoms with Crippen LogP contribution in [0.15, 0.2) is 41.3 Å². The lowest BCUT2D eigenvalue weighted by Crippen LogP contribution is -2.13.